The van der Waals surface area contributed by atoms with Gasteiger partial charge in [-0.05, 0) is 12.1 Å². The highest BCUT2D eigenvalue weighted by atomic mass is 16.3. The van der Waals surface area contributed by atoms with Crippen molar-refractivity contribution in [1.82, 2.24) is 0 Å². The Morgan fingerprint density at radius 2 is 2.33 bits per heavy atom. The zero-order chi connectivity index (χ0) is 8.55. The van der Waals surface area contributed by atoms with E-state index in [9.17, 15) is 5.11 Å². The maximum absolute atomic E-state index is 9.22. The van der Waals surface area contributed by atoms with Crippen LogP contribution < -0.4 is 10.2 Å². The molecule has 0 radical (unpaired) electrons. The Morgan fingerprint density at radius 3 is 3.17 bits per heavy atom. The van der Waals surface area contributed by atoms with Crippen molar-refractivity contribution in [2.24, 2.45) is 0 Å². The molecule has 0 fully saturated rings. The fourth-order valence-corrected chi connectivity index (χ4v) is 1.48. The minimum Gasteiger partial charge on any atom is -0.508 e. The van der Waals surface area contributed by atoms with Gasteiger partial charge in [-0.3, -0.25) is 0 Å². The van der Waals surface area contributed by atoms with E-state index in [0.29, 0.717) is 5.75 Å². The van der Waals surface area contributed by atoms with Crippen molar-refractivity contribution in [3.05, 3.63) is 18.2 Å². The van der Waals surface area contributed by atoms with Crippen LogP contribution in [0.2, 0.25) is 0 Å². The molecule has 1 heterocycles. The van der Waals surface area contributed by atoms with Gasteiger partial charge >= 0.3 is 0 Å². The van der Waals surface area contributed by atoms with E-state index in [0.717, 1.165) is 24.5 Å². The average molecular weight is 164 g/mol. The van der Waals surface area contributed by atoms with Crippen LogP contribution in [0.15, 0.2) is 18.2 Å². The minimum absolute atomic E-state index is 0.316. The first-order valence-corrected chi connectivity index (χ1v) is 4.05. The van der Waals surface area contributed by atoms with Gasteiger partial charge < -0.3 is 15.3 Å². The van der Waals surface area contributed by atoms with Gasteiger partial charge in [-0.15, -0.1) is 0 Å². The molecule has 3 nitrogen and oxygen atoms in total. The third-order valence-electron chi connectivity index (χ3n) is 2.15. The van der Waals surface area contributed by atoms with E-state index in [4.69, 9.17) is 0 Å². The third-order valence-corrected chi connectivity index (χ3v) is 2.15. The summed E-state index contributed by atoms with van der Waals surface area (Å²) in [5.74, 6) is 0.316. The lowest BCUT2D eigenvalue weighted by molar-refractivity contribution is 0.475. The van der Waals surface area contributed by atoms with Crippen LogP contribution in [0.25, 0.3) is 0 Å². The molecule has 64 valence electrons. The van der Waals surface area contributed by atoms with Crippen LogP contribution >= 0.6 is 0 Å². The Bertz CT molecular complexity index is 299. The molecule has 12 heavy (non-hydrogen) atoms. The maximum Gasteiger partial charge on any atom is 0.117 e. The standard InChI is InChI=1S/C9H12N2O/c1-11-5-4-10-8-6-7(12)2-3-9(8)11/h2-3,6,10,12H,4-5H2,1H3. The van der Waals surface area contributed by atoms with Gasteiger partial charge in [0.25, 0.3) is 0 Å². The molecule has 1 aliphatic heterocycles. The molecule has 0 bridgehead atoms. The summed E-state index contributed by atoms with van der Waals surface area (Å²) < 4.78 is 0. The van der Waals surface area contributed by atoms with Crippen molar-refractivity contribution >= 4 is 11.4 Å². The Labute approximate surface area is 71.6 Å². The van der Waals surface area contributed by atoms with Crippen molar-refractivity contribution in [3.63, 3.8) is 0 Å². The lowest BCUT2D eigenvalue weighted by atomic mass is 10.2. The predicted octanol–water partition coefficient (Wildman–Crippen LogP) is 1.25. The van der Waals surface area contributed by atoms with Crippen LogP contribution in [0.1, 0.15) is 0 Å². The van der Waals surface area contributed by atoms with Crippen molar-refractivity contribution in [2.75, 3.05) is 30.4 Å². The topological polar surface area (TPSA) is 35.5 Å². The largest absolute Gasteiger partial charge is 0.508 e. The highest BCUT2D eigenvalue weighted by molar-refractivity contribution is 5.73. The van der Waals surface area contributed by atoms with Crippen molar-refractivity contribution in [3.8, 4) is 5.75 Å². The number of nitrogens with one attached hydrogen (secondary N) is 1. The molecule has 0 saturated heterocycles. The molecule has 2 rings (SSSR count). The van der Waals surface area contributed by atoms with E-state index in [1.54, 1.807) is 12.1 Å². The van der Waals surface area contributed by atoms with E-state index in [1.165, 1.54) is 0 Å². The van der Waals surface area contributed by atoms with Crippen LogP contribution in [0.4, 0.5) is 11.4 Å². The summed E-state index contributed by atoms with van der Waals surface area (Å²) in [5, 5.41) is 12.4. The molecule has 0 amide bonds. The SMILES string of the molecule is CN1CCNc2cc(O)ccc21. The second-order valence-corrected chi connectivity index (χ2v) is 3.05. The van der Waals surface area contributed by atoms with Gasteiger partial charge in [0, 0.05) is 26.2 Å². The quantitative estimate of drug-likeness (QED) is 0.606. The predicted molar refractivity (Wildman–Crippen MR) is 49.9 cm³/mol. The molecule has 1 aromatic rings. The van der Waals surface area contributed by atoms with Gasteiger partial charge in [0.15, 0.2) is 0 Å². The maximum atomic E-state index is 9.22. The molecular formula is C9H12N2O. The minimum atomic E-state index is 0.316. The number of nitrogens with zero attached hydrogens (tertiary/aromatic N) is 1. The molecule has 0 saturated carbocycles. The molecule has 1 aliphatic rings. The van der Waals surface area contributed by atoms with Crippen LogP contribution in [0, 0.1) is 0 Å². The summed E-state index contributed by atoms with van der Waals surface area (Å²) in [6, 6.07) is 5.39. The Kier molecular flexibility index (Phi) is 1.57. The fraction of sp³-hybridized carbons (Fsp3) is 0.333. The number of phenolic OH excluding ortho intramolecular Hbond substituents is 1. The smallest absolute Gasteiger partial charge is 0.117 e. The molecule has 0 spiro atoms. The number of hydrogen-bond acceptors (Lipinski definition) is 3. The molecule has 2 N–H and O–H groups in total. The summed E-state index contributed by atoms with van der Waals surface area (Å²) in [4.78, 5) is 2.17. The molecule has 0 unspecified atom stereocenters. The molecule has 0 aliphatic carbocycles. The molecule has 0 atom stereocenters. The zero-order valence-corrected chi connectivity index (χ0v) is 7.04. The van der Waals surface area contributed by atoms with Gasteiger partial charge in [0.1, 0.15) is 5.75 Å². The second-order valence-electron chi connectivity index (χ2n) is 3.05. The molecule has 3 heteroatoms. The summed E-state index contributed by atoms with van der Waals surface area (Å²) in [6.45, 7) is 1.95. The third kappa shape index (κ3) is 1.07. The Balaban J connectivity index is 2.46. The molecular weight excluding hydrogens is 152 g/mol. The first-order valence-electron chi connectivity index (χ1n) is 4.05. The average Bonchev–Trinajstić information content (AvgIpc) is 2.04. The summed E-state index contributed by atoms with van der Waals surface area (Å²) in [5.41, 5.74) is 2.17. The number of rotatable bonds is 0. The summed E-state index contributed by atoms with van der Waals surface area (Å²) in [6.07, 6.45) is 0. The zero-order valence-electron chi connectivity index (χ0n) is 7.04. The van der Waals surface area contributed by atoms with Gasteiger partial charge in [0.2, 0.25) is 0 Å². The van der Waals surface area contributed by atoms with E-state index in [1.807, 2.05) is 6.07 Å². The highest BCUT2D eigenvalue weighted by Crippen LogP contribution is 2.30. The van der Waals surface area contributed by atoms with E-state index >= 15 is 0 Å². The van der Waals surface area contributed by atoms with Crippen molar-refractivity contribution in [2.45, 2.75) is 0 Å². The van der Waals surface area contributed by atoms with Gasteiger partial charge in [-0.2, -0.15) is 0 Å². The first-order chi connectivity index (χ1) is 5.77. The number of benzene rings is 1. The number of anilines is 2. The number of aromatic hydroxyl groups is 1. The Hall–Kier alpha value is -1.38. The number of phenols is 1. The van der Waals surface area contributed by atoms with Gasteiger partial charge in [-0.25, -0.2) is 0 Å². The van der Waals surface area contributed by atoms with Crippen molar-refractivity contribution in [1.29, 1.82) is 0 Å². The molecule has 1 aromatic carbocycles. The fourth-order valence-electron chi connectivity index (χ4n) is 1.48. The van der Waals surface area contributed by atoms with Gasteiger partial charge in [0.05, 0.1) is 11.4 Å². The lowest BCUT2D eigenvalue weighted by Crippen LogP contribution is -2.30. The van der Waals surface area contributed by atoms with E-state index in [-0.39, 0.29) is 0 Å². The Morgan fingerprint density at radius 1 is 1.50 bits per heavy atom. The van der Waals surface area contributed by atoms with Gasteiger partial charge in [-0.1, -0.05) is 0 Å². The van der Waals surface area contributed by atoms with Crippen LogP contribution in [-0.2, 0) is 0 Å². The normalized spacial score (nSPS) is 15.2. The monoisotopic (exact) mass is 164 g/mol. The van der Waals surface area contributed by atoms with Crippen LogP contribution in [0.3, 0.4) is 0 Å². The summed E-state index contributed by atoms with van der Waals surface area (Å²) in [7, 11) is 2.05. The number of fused-ring (bicyclic) bond motifs is 1. The second kappa shape index (κ2) is 2.59. The van der Waals surface area contributed by atoms with Crippen LogP contribution in [0.5, 0.6) is 5.75 Å². The summed E-state index contributed by atoms with van der Waals surface area (Å²) >= 11 is 0. The van der Waals surface area contributed by atoms with Crippen LogP contribution in [-0.4, -0.2) is 25.2 Å². The highest BCUT2D eigenvalue weighted by Gasteiger charge is 2.12. The number of hydrogen-bond donors (Lipinski definition) is 2. The van der Waals surface area contributed by atoms with E-state index in [2.05, 4.69) is 17.3 Å². The van der Waals surface area contributed by atoms with E-state index < -0.39 is 0 Å². The number of likely N-dealkylation sites (N-methyl/N-ethyl adjacent to an activating group) is 1. The van der Waals surface area contributed by atoms with Crippen molar-refractivity contribution < 1.29 is 5.11 Å². The molecule has 0 aromatic heterocycles. The lowest BCUT2D eigenvalue weighted by Gasteiger charge is -2.28. The first kappa shape index (κ1) is 7.28.